The number of carbonyl (C=O) groups is 2. The largest absolute Gasteiger partial charge is 0.466 e. The van der Waals surface area contributed by atoms with Crippen molar-refractivity contribution < 1.29 is 18.7 Å². The Morgan fingerprint density at radius 3 is 2.70 bits per heavy atom. The van der Waals surface area contributed by atoms with Gasteiger partial charge in [0.15, 0.2) is 0 Å². The molecule has 2 atom stereocenters. The van der Waals surface area contributed by atoms with Gasteiger partial charge in [-0.25, -0.2) is 9.40 Å². The highest BCUT2D eigenvalue weighted by Gasteiger charge is 2.35. The van der Waals surface area contributed by atoms with Gasteiger partial charge in [0.25, 0.3) is 5.91 Å². The fourth-order valence-corrected chi connectivity index (χ4v) is 4.60. The Morgan fingerprint density at radius 1 is 1.18 bits per heavy atom. The van der Waals surface area contributed by atoms with Crippen LogP contribution in [0.5, 0.6) is 0 Å². The first-order valence-corrected chi connectivity index (χ1v) is 11.6. The molecule has 0 saturated carbocycles. The van der Waals surface area contributed by atoms with Crippen molar-refractivity contribution in [3.05, 3.63) is 71.0 Å². The van der Waals surface area contributed by atoms with Gasteiger partial charge in [0, 0.05) is 13.0 Å². The number of benzene rings is 2. The van der Waals surface area contributed by atoms with E-state index < -0.39 is 0 Å². The molecule has 2 aliphatic heterocycles. The van der Waals surface area contributed by atoms with Crippen molar-refractivity contribution in [3.8, 4) is 0 Å². The van der Waals surface area contributed by atoms with E-state index in [1.54, 1.807) is 24.1 Å². The number of amides is 1. The van der Waals surface area contributed by atoms with Crippen LogP contribution < -0.4 is 0 Å². The van der Waals surface area contributed by atoms with Crippen molar-refractivity contribution in [2.24, 2.45) is 11.0 Å². The summed E-state index contributed by atoms with van der Waals surface area (Å²) < 4.78 is 18.7. The van der Waals surface area contributed by atoms with Gasteiger partial charge in [-0.1, -0.05) is 42.0 Å². The summed E-state index contributed by atoms with van der Waals surface area (Å²) in [5.41, 5.74) is 3.79. The number of nitrogens with zero attached hydrogens (tertiary/aromatic N) is 3. The number of ether oxygens (including phenoxy) is 1. The molecule has 2 heterocycles. The number of piperidine rings is 1. The summed E-state index contributed by atoms with van der Waals surface area (Å²) >= 11 is 0. The molecule has 2 unspecified atom stereocenters. The Balaban J connectivity index is 1.54. The van der Waals surface area contributed by atoms with Crippen LogP contribution in [-0.4, -0.2) is 53.7 Å². The first kappa shape index (κ1) is 23.1. The lowest BCUT2D eigenvalue weighted by Gasteiger charge is -2.32. The summed E-state index contributed by atoms with van der Waals surface area (Å²) in [6, 6.07) is 14.0. The molecule has 1 saturated heterocycles. The molecule has 33 heavy (non-hydrogen) atoms. The maximum atomic E-state index is 13.5. The second-order valence-electron chi connectivity index (χ2n) is 8.75. The number of halogens is 1. The Kier molecular flexibility index (Phi) is 7.18. The van der Waals surface area contributed by atoms with E-state index >= 15 is 0 Å². The SMILES string of the molecule is CCOC(=O)C1CCCN(CC(=O)N2N=C(c3cccc(C)c3)CC2c2ccc(F)cc2)C1. The highest BCUT2D eigenvalue weighted by atomic mass is 19.1. The maximum Gasteiger partial charge on any atom is 0.310 e. The standard InChI is InChI=1S/C26H30FN3O3/c1-3-33-26(32)21-8-5-13-29(16-21)17-25(31)30-24(19-9-11-22(27)12-10-19)15-23(28-30)20-7-4-6-18(2)14-20/h4,6-7,9-12,14,21,24H,3,5,8,13,15-17H2,1-2H3. The molecule has 4 rings (SSSR count). The van der Waals surface area contributed by atoms with Crippen molar-refractivity contribution in [1.82, 2.24) is 9.91 Å². The van der Waals surface area contributed by atoms with Gasteiger partial charge in [-0.3, -0.25) is 14.5 Å². The van der Waals surface area contributed by atoms with E-state index in [1.807, 2.05) is 30.0 Å². The number of carbonyl (C=O) groups excluding carboxylic acids is 2. The molecule has 1 amide bonds. The summed E-state index contributed by atoms with van der Waals surface area (Å²) in [7, 11) is 0. The molecule has 0 bridgehead atoms. The third kappa shape index (κ3) is 5.47. The van der Waals surface area contributed by atoms with Gasteiger partial charge in [0.05, 0.1) is 30.8 Å². The predicted molar refractivity (Wildman–Crippen MR) is 124 cm³/mol. The molecule has 0 aliphatic carbocycles. The van der Waals surface area contributed by atoms with E-state index in [0.29, 0.717) is 19.6 Å². The number of hydrogen-bond acceptors (Lipinski definition) is 5. The van der Waals surface area contributed by atoms with Crippen LogP contribution >= 0.6 is 0 Å². The minimum Gasteiger partial charge on any atom is -0.466 e. The third-order valence-electron chi connectivity index (χ3n) is 6.26. The molecule has 6 nitrogen and oxygen atoms in total. The monoisotopic (exact) mass is 451 g/mol. The highest BCUT2D eigenvalue weighted by Crippen LogP contribution is 2.33. The zero-order chi connectivity index (χ0) is 23.4. The normalized spacial score (nSPS) is 21.1. The average molecular weight is 452 g/mol. The minimum atomic E-state index is -0.312. The van der Waals surface area contributed by atoms with Gasteiger partial charge in [-0.05, 0) is 56.5 Å². The van der Waals surface area contributed by atoms with Crippen LogP contribution in [0.25, 0.3) is 0 Å². The maximum absolute atomic E-state index is 13.5. The second-order valence-corrected chi connectivity index (χ2v) is 8.75. The van der Waals surface area contributed by atoms with E-state index in [4.69, 9.17) is 9.84 Å². The first-order valence-electron chi connectivity index (χ1n) is 11.6. The molecule has 1 fully saturated rings. The first-order chi connectivity index (χ1) is 15.9. The number of hydrogen-bond donors (Lipinski definition) is 0. The number of likely N-dealkylation sites (tertiary alicyclic amines) is 1. The van der Waals surface area contributed by atoms with Crippen LogP contribution in [0.4, 0.5) is 4.39 Å². The molecule has 0 spiro atoms. The van der Waals surface area contributed by atoms with Crippen LogP contribution in [0, 0.1) is 18.7 Å². The topological polar surface area (TPSA) is 62.2 Å². The molecule has 174 valence electrons. The summed E-state index contributed by atoms with van der Waals surface area (Å²) in [4.78, 5) is 27.6. The minimum absolute atomic E-state index is 0.128. The van der Waals surface area contributed by atoms with Crippen molar-refractivity contribution >= 4 is 17.6 Å². The number of rotatable bonds is 6. The van der Waals surface area contributed by atoms with E-state index in [2.05, 4.69) is 6.07 Å². The average Bonchev–Trinajstić information content (AvgIpc) is 3.26. The summed E-state index contributed by atoms with van der Waals surface area (Å²) in [6.07, 6.45) is 2.18. The molecule has 2 aliphatic rings. The smallest absolute Gasteiger partial charge is 0.310 e. The lowest BCUT2D eigenvalue weighted by molar-refractivity contribution is -0.150. The van der Waals surface area contributed by atoms with Gasteiger partial charge >= 0.3 is 5.97 Å². The van der Waals surface area contributed by atoms with Gasteiger partial charge in [0.2, 0.25) is 0 Å². The van der Waals surface area contributed by atoms with E-state index in [0.717, 1.165) is 41.8 Å². The second kappa shape index (κ2) is 10.3. The molecular formula is C26H30FN3O3. The van der Waals surface area contributed by atoms with Crippen LogP contribution in [0.1, 0.15) is 48.9 Å². The molecular weight excluding hydrogens is 421 g/mol. The highest BCUT2D eigenvalue weighted by molar-refractivity contribution is 6.03. The van der Waals surface area contributed by atoms with Crippen molar-refractivity contribution in [2.45, 2.75) is 39.2 Å². The molecule has 0 radical (unpaired) electrons. The number of esters is 1. The summed E-state index contributed by atoms with van der Waals surface area (Å²) in [5.74, 6) is -0.839. The quantitative estimate of drug-likeness (QED) is 0.621. The zero-order valence-electron chi connectivity index (χ0n) is 19.2. The number of aryl methyl sites for hydroxylation is 1. The van der Waals surface area contributed by atoms with Gasteiger partial charge < -0.3 is 4.74 Å². The predicted octanol–water partition coefficient (Wildman–Crippen LogP) is 4.09. The Labute approximate surface area is 194 Å². The molecule has 7 heteroatoms. The summed E-state index contributed by atoms with van der Waals surface area (Å²) in [5, 5.41) is 6.26. The van der Waals surface area contributed by atoms with E-state index in [1.165, 1.54) is 12.1 Å². The van der Waals surface area contributed by atoms with Crippen LogP contribution in [0.2, 0.25) is 0 Å². The number of hydrazone groups is 1. The Morgan fingerprint density at radius 2 is 1.97 bits per heavy atom. The van der Waals surface area contributed by atoms with Crippen molar-refractivity contribution in [1.29, 1.82) is 0 Å². The fraction of sp³-hybridized carbons (Fsp3) is 0.423. The van der Waals surface area contributed by atoms with Crippen molar-refractivity contribution in [2.75, 3.05) is 26.2 Å². The Hall–Kier alpha value is -3.06. The van der Waals surface area contributed by atoms with Gasteiger partial charge in [0.1, 0.15) is 5.82 Å². The molecule has 2 aromatic rings. The zero-order valence-corrected chi connectivity index (χ0v) is 19.2. The lowest BCUT2D eigenvalue weighted by Crippen LogP contribution is -2.44. The van der Waals surface area contributed by atoms with Crippen LogP contribution in [0.3, 0.4) is 0 Å². The van der Waals surface area contributed by atoms with E-state index in [9.17, 15) is 14.0 Å². The molecule has 0 N–H and O–H groups in total. The third-order valence-corrected chi connectivity index (χ3v) is 6.26. The van der Waals surface area contributed by atoms with Crippen LogP contribution in [-0.2, 0) is 14.3 Å². The van der Waals surface area contributed by atoms with Crippen LogP contribution in [0.15, 0.2) is 53.6 Å². The van der Waals surface area contributed by atoms with E-state index in [-0.39, 0.29) is 36.2 Å². The Bertz CT molecular complexity index is 1040. The summed E-state index contributed by atoms with van der Waals surface area (Å²) in [6.45, 7) is 5.62. The van der Waals surface area contributed by atoms with Gasteiger partial charge in [-0.15, -0.1) is 0 Å². The molecule has 2 aromatic carbocycles. The van der Waals surface area contributed by atoms with Gasteiger partial charge in [-0.2, -0.15) is 5.10 Å². The lowest BCUT2D eigenvalue weighted by atomic mass is 9.97. The molecule has 0 aromatic heterocycles. The fourth-order valence-electron chi connectivity index (χ4n) is 4.60. The van der Waals surface area contributed by atoms with Crippen molar-refractivity contribution in [3.63, 3.8) is 0 Å².